The first-order valence-corrected chi connectivity index (χ1v) is 9.19. The van der Waals surface area contributed by atoms with Crippen LogP contribution in [0.25, 0.3) is 0 Å². The molecule has 1 aliphatic rings. The maximum absolute atomic E-state index is 5.93. The number of benzene rings is 1. The molecular weight excluding hydrogens is 326 g/mol. The van der Waals surface area contributed by atoms with E-state index in [1.165, 1.54) is 11.1 Å². The minimum atomic E-state index is 0.0326. The number of ether oxygens (including phenoxy) is 1. The van der Waals surface area contributed by atoms with Crippen LogP contribution in [0.4, 0.5) is 0 Å². The first-order chi connectivity index (χ1) is 12.6. The maximum atomic E-state index is 5.93. The van der Waals surface area contributed by atoms with Gasteiger partial charge in [-0.15, -0.1) is 0 Å². The minimum Gasteiger partial charge on any atom is -0.370 e. The van der Waals surface area contributed by atoms with Crippen molar-refractivity contribution >= 4 is 5.96 Å². The minimum absolute atomic E-state index is 0.0326. The number of aromatic nitrogens is 2. The lowest BCUT2D eigenvalue weighted by Gasteiger charge is -2.35. The Morgan fingerprint density at radius 3 is 3.00 bits per heavy atom. The van der Waals surface area contributed by atoms with Crippen LogP contribution in [0.2, 0.25) is 0 Å². The highest BCUT2D eigenvalue weighted by Crippen LogP contribution is 2.22. The van der Waals surface area contributed by atoms with Crippen LogP contribution in [-0.4, -0.2) is 53.9 Å². The SMILES string of the molecule is CN=C(NCC(C)c1cccc(C)c1)N1CCOC(c2cnn(C)c2)C1. The molecule has 1 N–H and O–H groups in total. The lowest BCUT2D eigenvalue weighted by atomic mass is 9.99. The Hall–Kier alpha value is -2.34. The Labute approximate surface area is 155 Å². The summed E-state index contributed by atoms with van der Waals surface area (Å²) in [7, 11) is 3.77. The molecule has 0 radical (unpaired) electrons. The molecule has 2 heterocycles. The fourth-order valence-electron chi connectivity index (χ4n) is 3.32. The van der Waals surface area contributed by atoms with Gasteiger partial charge in [-0.2, -0.15) is 5.10 Å². The number of aryl methyl sites for hydroxylation is 2. The van der Waals surface area contributed by atoms with Crippen LogP contribution in [-0.2, 0) is 11.8 Å². The number of morpholine rings is 1. The predicted molar refractivity (Wildman–Crippen MR) is 104 cm³/mol. The molecule has 0 spiro atoms. The zero-order valence-electron chi connectivity index (χ0n) is 16.1. The molecule has 1 fully saturated rings. The number of hydrogen-bond donors (Lipinski definition) is 1. The van der Waals surface area contributed by atoms with Crippen molar-refractivity contribution in [2.75, 3.05) is 33.3 Å². The fraction of sp³-hybridized carbons (Fsp3) is 0.500. The summed E-state index contributed by atoms with van der Waals surface area (Å²) in [6.45, 7) is 7.54. The zero-order chi connectivity index (χ0) is 18.5. The van der Waals surface area contributed by atoms with E-state index in [-0.39, 0.29) is 6.10 Å². The third-order valence-corrected chi connectivity index (χ3v) is 4.85. The van der Waals surface area contributed by atoms with E-state index in [9.17, 15) is 0 Å². The largest absolute Gasteiger partial charge is 0.370 e. The van der Waals surface area contributed by atoms with Crippen LogP contribution in [0.15, 0.2) is 41.7 Å². The van der Waals surface area contributed by atoms with E-state index >= 15 is 0 Å². The van der Waals surface area contributed by atoms with Gasteiger partial charge in [0.15, 0.2) is 5.96 Å². The summed E-state index contributed by atoms with van der Waals surface area (Å²) in [5.41, 5.74) is 3.76. The van der Waals surface area contributed by atoms with E-state index in [2.05, 4.69) is 58.4 Å². The Morgan fingerprint density at radius 1 is 1.46 bits per heavy atom. The Balaban J connectivity index is 1.59. The van der Waals surface area contributed by atoms with Crippen molar-refractivity contribution in [1.29, 1.82) is 0 Å². The molecule has 6 nitrogen and oxygen atoms in total. The van der Waals surface area contributed by atoms with Crippen molar-refractivity contribution in [3.63, 3.8) is 0 Å². The van der Waals surface area contributed by atoms with Crippen molar-refractivity contribution in [1.82, 2.24) is 20.0 Å². The van der Waals surface area contributed by atoms with Gasteiger partial charge in [-0.25, -0.2) is 0 Å². The van der Waals surface area contributed by atoms with Gasteiger partial charge in [-0.05, 0) is 18.4 Å². The van der Waals surface area contributed by atoms with Crippen molar-refractivity contribution in [3.8, 4) is 0 Å². The van der Waals surface area contributed by atoms with Crippen LogP contribution in [0.3, 0.4) is 0 Å². The monoisotopic (exact) mass is 355 g/mol. The van der Waals surface area contributed by atoms with Gasteiger partial charge in [-0.3, -0.25) is 9.67 Å². The normalized spacial score (nSPS) is 19.5. The molecule has 0 amide bonds. The molecule has 140 valence electrons. The van der Waals surface area contributed by atoms with Crippen molar-refractivity contribution in [2.45, 2.75) is 25.9 Å². The van der Waals surface area contributed by atoms with E-state index in [4.69, 9.17) is 4.74 Å². The number of guanidine groups is 1. The summed E-state index contributed by atoms with van der Waals surface area (Å²) >= 11 is 0. The zero-order valence-corrected chi connectivity index (χ0v) is 16.1. The van der Waals surface area contributed by atoms with Gasteiger partial charge in [-0.1, -0.05) is 36.8 Å². The van der Waals surface area contributed by atoms with Crippen LogP contribution in [0.5, 0.6) is 0 Å². The lowest BCUT2D eigenvalue weighted by Crippen LogP contribution is -2.48. The first kappa shape index (κ1) is 18.5. The topological polar surface area (TPSA) is 54.7 Å². The summed E-state index contributed by atoms with van der Waals surface area (Å²) in [4.78, 5) is 6.75. The molecule has 26 heavy (non-hydrogen) atoms. The van der Waals surface area contributed by atoms with E-state index in [0.717, 1.165) is 31.2 Å². The quantitative estimate of drug-likeness (QED) is 0.676. The van der Waals surface area contributed by atoms with E-state index in [1.54, 1.807) is 0 Å². The molecule has 1 aromatic carbocycles. The van der Waals surface area contributed by atoms with E-state index < -0.39 is 0 Å². The summed E-state index contributed by atoms with van der Waals surface area (Å²) < 4.78 is 7.75. The second kappa shape index (κ2) is 8.36. The fourth-order valence-corrected chi connectivity index (χ4v) is 3.32. The summed E-state index contributed by atoms with van der Waals surface area (Å²) in [5, 5.41) is 7.79. The molecule has 0 saturated carbocycles. The van der Waals surface area contributed by atoms with Crippen molar-refractivity contribution in [3.05, 3.63) is 53.3 Å². The number of aliphatic imine (C=N–C) groups is 1. The van der Waals surface area contributed by atoms with Gasteiger partial charge in [0.1, 0.15) is 6.10 Å². The third-order valence-electron chi connectivity index (χ3n) is 4.85. The standard InChI is InChI=1S/C20H29N5O/c1-15-6-5-7-17(10-15)16(2)11-22-20(21-3)25-8-9-26-19(14-25)18-12-23-24(4)13-18/h5-7,10,12-13,16,19H,8-9,11,14H2,1-4H3,(H,21,22). The second-order valence-electron chi connectivity index (χ2n) is 7.00. The van der Waals surface area contributed by atoms with Crippen molar-refractivity contribution < 1.29 is 4.74 Å². The van der Waals surface area contributed by atoms with Gasteiger partial charge < -0.3 is 15.0 Å². The smallest absolute Gasteiger partial charge is 0.193 e. The highest BCUT2D eigenvalue weighted by atomic mass is 16.5. The average molecular weight is 355 g/mol. The van der Waals surface area contributed by atoms with E-state index in [1.807, 2.05) is 31.2 Å². The third kappa shape index (κ3) is 4.43. The second-order valence-corrected chi connectivity index (χ2v) is 7.00. The molecule has 2 atom stereocenters. The van der Waals surface area contributed by atoms with Gasteiger partial charge in [0, 0.05) is 38.9 Å². The molecule has 0 aliphatic carbocycles. The molecular formula is C20H29N5O. The number of rotatable bonds is 4. The van der Waals surface area contributed by atoms with Crippen LogP contribution >= 0.6 is 0 Å². The number of nitrogens with one attached hydrogen (secondary N) is 1. The summed E-state index contributed by atoms with van der Waals surface area (Å²) in [6.07, 6.45) is 3.93. The lowest BCUT2D eigenvalue weighted by molar-refractivity contribution is -0.00803. The van der Waals surface area contributed by atoms with Crippen molar-refractivity contribution in [2.24, 2.45) is 12.0 Å². The number of nitrogens with zero attached hydrogens (tertiary/aromatic N) is 4. The molecule has 0 bridgehead atoms. The molecule has 2 unspecified atom stereocenters. The highest BCUT2D eigenvalue weighted by molar-refractivity contribution is 5.80. The average Bonchev–Trinajstić information content (AvgIpc) is 3.09. The van der Waals surface area contributed by atoms with Crippen LogP contribution < -0.4 is 5.32 Å². The molecule has 2 aromatic rings. The van der Waals surface area contributed by atoms with Gasteiger partial charge in [0.2, 0.25) is 0 Å². The van der Waals surface area contributed by atoms with Gasteiger partial charge in [0.05, 0.1) is 19.3 Å². The molecule has 1 aromatic heterocycles. The molecule has 1 aliphatic heterocycles. The van der Waals surface area contributed by atoms with Gasteiger partial charge in [0.25, 0.3) is 0 Å². The van der Waals surface area contributed by atoms with Crippen LogP contribution in [0.1, 0.15) is 35.6 Å². The summed E-state index contributed by atoms with van der Waals surface area (Å²) in [5.74, 6) is 1.35. The molecule has 3 rings (SSSR count). The van der Waals surface area contributed by atoms with Crippen LogP contribution in [0, 0.1) is 6.92 Å². The summed E-state index contributed by atoms with van der Waals surface area (Å²) in [6, 6.07) is 8.70. The Kier molecular flexibility index (Phi) is 5.93. The van der Waals surface area contributed by atoms with E-state index in [0.29, 0.717) is 12.5 Å². The maximum Gasteiger partial charge on any atom is 0.193 e. The highest BCUT2D eigenvalue weighted by Gasteiger charge is 2.25. The molecule has 1 saturated heterocycles. The predicted octanol–water partition coefficient (Wildman–Crippen LogP) is 2.48. The Bertz CT molecular complexity index is 754. The first-order valence-electron chi connectivity index (χ1n) is 9.19. The Morgan fingerprint density at radius 2 is 2.31 bits per heavy atom. The number of hydrogen-bond acceptors (Lipinski definition) is 3. The van der Waals surface area contributed by atoms with Gasteiger partial charge >= 0.3 is 0 Å². The molecule has 6 heteroatoms.